The zero-order valence-electron chi connectivity index (χ0n) is 15.4. The first-order valence-electron chi connectivity index (χ1n) is 8.54. The molecular formula is C18H21IN2O6. The number of carbonyl (C=O) groups is 3. The number of likely N-dealkylation sites (N-methyl/N-ethyl adjacent to an activating group) is 1. The molecule has 0 aromatic carbocycles. The topological polar surface area (TPSA) is 89.3 Å². The van der Waals surface area contributed by atoms with Crippen molar-refractivity contribution in [2.75, 3.05) is 40.0 Å². The Bertz CT molecular complexity index is 848. The monoisotopic (exact) mass is 488 g/mol. The zero-order chi connectivity index (χ0) is 19.8. The number of hydrogen-bond acceptors (Lipinski definition) is 7. The smallest absolute Gasteiger partial charge is 0.345 e. The van der Waals surface area contributed by atoms with Crippen LogP contribution in [0.2, 0.25) is 0 Å². The summed E-state index contributed by atoms with van der Waals surface area (Å²) in [6.45, 7) is 5.55. The summed E-state index contributed by atoms with van der Waals surface area (Å²) >= 11 is 1.94. The fourth-order valence-electron chi connectivity index (χ4n) is 2.82. The predicted octanol–water partition coefficient (Wildman–Crippen LogP) is 2.13. The summed E-state index contributed by atoms with van der Waals surface area (Å²) in [4.78, 5) is 41.0. The largest absolute Gasteiger partial charge is 0.456 e. The maximum Gasteiger partial charge on any atom is 0.345 e. The Labute approximate surface area is 170 Å². The molecule has 8 nitrogen and oxygen atoms in total. The molecule has 2 bridgehead atoms. The number of esters is 2. The van der Waals surface area contributed by atoms with Crippen molar-refractivity contribution in [3.63, 3.8) is 0 Å². The summed E-state index contributed by atoms with van der Waals surface area (Å²) < 4.78 is 14.8. The predicted molar refractivity (Wildman–Crippen MR) is 105 cm³/mol. The van der Waals surface area contributed by atoms with Gasteiger partial charge in [-0.15, -0.1) is 0 Å². The van der Waals surface area contributed by atoms with Crippen LogP contribution in [0.4, 0.5) is 0 Å². The van der Waals surface area contributed by atoms with Gasteiger partial charge in [0.15, 0.2) is 0 Å². The van der Waals surface area contributed by atoms with Crippen LogP contribution in [-0.4, -0.2) is 71.1 Å². The van der Waals surface area contributed by atoms with E-state index in [1.54, 1.807) is 30.9 Å². The highest BCUT2D eigenvalue weighted by atomic mass is 127. The Morgan fingerprint density at radius 1 is 1.07 bits per heavy atom. The molecule has 9 heteroatoms. The summed E-state index contributed by atoms with van der Waals surface area (Å²) in [5.41, 5.74) is 0.933. The van der Waals surface area contributed by atoms with Gasteiger partial charge < -0.3 is 23.7 Å². The fraction of sp³-hybridized carbons (Fsp3) is 0.500. The van der Waals surface area contributed by atoms with Gasteiger partial charge in [-0.3, -0.25) is 9.59 Å². The fourth-order valence-corrected chi connectivity index (χ4v) is 2.97. The SMILES string of the molecule is CN1CCN(C(=O)c2c(C(=O)OCOC(=O)C(C)(C)I)c3ccc2o3)CC1. The normalized spacial score (nSPS) is 15.9. The molecule has 0 spiro atoms. The van der Waals surface area contributed by atoms with Crippen LogP contribution in [0.15, 0.2) is 16.5 Å². The molecule has 0 saturated carbocycles. The number of fused-ring (bicyclic) bond motifs is 2. The third-order valence-electron chi connectivity index (χ3n) is 4.42. The first-order valence-corrected chi connectivity index (χ1v) is 9.62. The molecule has 0 N–H and O–H groups in total. The van der Waals surface area contributed by atoms with Crippen molar-refractivity contribution in [2.24, 2.45) is 0 Å². The summed E-state index contributed by atoms with van der Waals surface area (Å²) in [6.07, 6.45) is 0. The first kappa shape index (κ1) is 19.9. The van der Waals surface area contributed by atoms with Gasteiger partial charge in [-0.1, -0.05) is 22.6 Å². The molecule has 0 unspecified atom stereocenters. The standard InChI is InChI=1S/C18H21IN2O6/c1-18(2,19)17(24)26-10-25-16(23)14-12-5-4-11(27-12)13(14)15(22)21-8-6-20(3)7-9-21/h4-5H,6-10H2,1-3H3. The van der Waals surface area contributed by atoms with Gasteiger partial charge in [-0.05, 0) is 33.0 Å². The lowest BCUT2D eigenvalue weighted by Gasteiger charge is -2.32. The summed E-state index contributed by atoms with van der Waals surface area (Å²) in [5, 5.41) is 0. The number of piperazine rings is 1. The van der Waals surface area contributed by atoms with Crippen molar-refractivity contribution in [1.29, 1.82) is 0 Å². The molecule has 0 atom stereocenters. The minimum absolute atomic E-state index is 0.0845. The van der Waals surface area contributed by atoms with Crippen molar-refractivity contribution in [1.82, 2.24) is 9.80 Å². The Kier molecular flexibility index (Phi) is 5.61. The van der Waals surface area contributed by atoms with Crippen molar-refractivity contribution in [3.05, 3.63) is 23.3 Å². The van der Waals surface area contributed by atoms with Crippen molar-refractivity contribution < 1.29 is 28.3 Å². The Morgan fingerprint density at radius 3 is 2.26 bits per heavy atom. The molecule has 0 radical (unpaired) electrons. The molecule has 27 heavy (non-hydrogen) atoms. The molecule has 1 aliphatic rings. The number of rotatable bonds is 5. The molecule has 2 aromatic heterocycles. The summed E-state index contributed by atoms with van der Waals surface area (Å²) in [5.74, 6) is -1.50. The van der Waals surface area contributed by atoms with Crippen LogP contribution in [0, 0.1) is 0 Å². The van der Waals surface area contributed by atoms with E-state index < -0.39 is 22.2 Å². The third-order valence-corrected chi connectivity index (χ3v) is 4.86. The average Bonchev–Trinajstić information content (AvgIpc) is 3.22. The van der Waals surface area contributed by atoms with Gasteiger partial charge in [0, 0.05) is 26.2 Å². The van der Waals surface area contributed by atoms with E-state index in [0.717, 1.165) is 13.1 Å². The molecule has 146 valence electrons. The van der Waals surface area contributed by atoms with E-state index in [9.17, 15) is 14.4 Å². The van der Waals surface area contributed by atoms with Gasteiger partial charge >= 0.3 is 11.9 Å². The second kappa shape index (κ2) is 7.63. The number of ether oxygens (including phenoxy) is 2. The number of nitrogens with zero attached hydrogens (tertiary/aromatic N) is 2. The lowest BCUT2D eigenvalue weighted by Crippen LogP contribution is -2.47. The molecule has 3 heterocycles. The maximum atomic E-state index is 12.9. The van der Waals surface area contributed by atoms with Crippen LogP contribution in [0.25, 0.3) is 11.2 Å². The molecule has 1 fully saturated rings. The first-order chi connectivity index (χ1) is 12.7. The quantitative estimate of drug-likeness (QED) is 0.276. The van der Waals surface area contributed by atoms with Gasteiger partial charge in [-0.2, -0.15) is 0 Å². The van der Waals surface area contributed by atoms with Crippen LogP contribution >= 0.6 is 22.6 Å². The lowest BCUT2D eigenvalue weighted by molar-refractivity contribution is -0.153. The number of alkyl halides is 1. The Balaban J connectivity index is 1.72. The highest BCUT2D eigenvalue weighted by Gasteiger charge is 2.33. The maximum absolute atomic E-state index is 12.9. The average molecular weight is 488 g/mol. The summed E-state index contributed by atoms with van der Waals surface area (Å²) in [6, 6.07) is 3.28. The molecule has 3 rings (SSSR count). The second-order valence-corrected chi connectivity index (χ2v) is 9.66. The highest BCUT2D eigenvalue weighted by Crippen LogP contribution is 2.31. The number of halogens is 1. The number of furan rings is 2. The molecule has 1 amide bonds. The molecule has 1 aliphatic heterocycles. The third kappa shape index (κ3) is 4.18. The van der Waals surface area contributed by atoms with Crippen molar-refractivity contribution >= 4 is 51.6 Å². The number of amides is 1. The van der Waals surface area contributed by atoms with Gasteiger partial charge in [-0.25, -0.2) is 4.79 Å². The summed E-state index contributed by atoms with van der Waals surface area (Å²) in [7, 11) is 2.00. The molecule has 1 saturated heterocycles. The highest BCUT2D eigenvalue weighted by molar-refractivity contribution is 14.1. The van der Waals surface area contributed by atoms with Crippen LogP contribution in [0.3, 0.4) is 0 Å². The number of carbonyl (C=O) groups excluding carboxylic acids is 3. The number of benzene rings is 1. The minimum Gasteiger partial charge on any atom is -0.456 e. The van der Waals surface area contributed by atoms with Gasteiger partial charge in [0.2, 0.25) is 6.79 Å². The zero-order valence-corrected chi connectivity index (χ0v) is 17.6. The van der Waals surface area contributed by atoms with E-state index in [4.69, 9.17) is 13.9 Å². The van der Waals surface area contributed by atoms with Crippen LogP contribution in [-0.2, 0) is 14.3 Å². The van der Waals surface area contributed by atoms with Crippen LogP contribution in [0.5, 0.6) is 0 Å². The molecule has 2 aromatic rings. The van der Waals surface area contributed by atoms with E-state index in [1.807, 2.05) is 29.6 Å². The van der Waals surface area contributed by atoms with Gasteiger partial charge in [0.1, 0.15) is 25.7 Å². The number of hydrogen-bond donors (Lipinski definition) is 0. The lowest BCUT2D eigenvalue weighted by atomic mass is 10.1. The molecule has 0 aliphatic carbocycles. The second-order valence-electron chi connectivity index (χ2n) is 6.96. The van der Waals surface area contributed by atoms with E-state index in [-0.39, 0.29) is 22.6 Å². The minimum atomic E-state index is -0.749. The Hall–Kier alpha value is -1.88. The van der Waals surface area contributed by atoms with E-state index in [1.165, 1.54) is 0 Å². The Morgan fingerprint density at radius 2 is 1.67 bits per heavy atom. The van der Waals surface area contributed by atoms with E-state index >= 15 is 0 Å². The molecular weight excluding hydrogens is 467 g/mol. The van der Waals surface area contributed by atoms with Crippen LogP contribution in [0.1, 0.15) is 34.6 Å². The van der Waals surface area contributed by atoms with Gasteiger partial charge in [0.05, 0.1) is 0 Å². The van der Waals surface area contributed by atoms with Crippen molar-refractivity contribution in [2.45, 2.75) is 17.3 Å². The van der Waals surface area contributed by atoms with Crippen molar-refractivity contribution in [3.8, 4) is 0 Å². The van der Waals surface area contributed by atoms with E-state index in [2.05, 4.69) is 4.90 Å². The van der Waals surface area contributed by atoms with Crippen LogP contribution < -0.4 is 0 Å². The van der Waals surface area contributed by atoms with E-state index in [0.29, 0.717) is 18.7 Å². The van der Waals surface area contributed by atoms with Gasteiger partial charge in [0.25, 0.3) is 5.91 Å².